The molecule has 1 aromatic heterocycles. The van der Waals surface area contributed by atoms with E-state index in [2.05, 4.69) is 16.6 Å². The van der Waals surface area contributed by atoms with E-state index in [1.165, 1.54) is 0 Å². The molecule has 0 aromatic carbocycles. The largest absolute Gasteiger partial charge is 0.384 e. The number of pyridine rings is 1. The van der Waals surface area contributed by atoms with Crippen LogP contribution >= 0.6 is 11.8 Å². The minimum absolute atomic E-state index is 0.0693. The summed E-state index contributed by atoms with van der Waals surface area (Å²) in [4.78, 5) is 16.2. The Morgan fingerprint density at radius 2 is 2.16 bits per heavy atom. The van der Waals surface area contributed by atoms with E-state index in [4.69, 9.17) is 5.73 Å². The zero-order chi connectivity index (χ0) is 14.3. The number of nitrogens with two attached hydrogens (primary N) is 1. The molecule has 0 aliphatic rings. The molecule has 5 heteroatoms. The maximum absolute atomic E-state index is 12.0. The fourth-order valence-corrected chi connectivity index (χ4v) is 2.17. The van der Waals surface area contributed by atoms with Crippen LogP contribution in [0.25, 0.3) is 0 Å². The number of thioether (sulfide) groups is 1. The molecule has 0 aliphatic heterocycles. The van der Waals surface area contributed by atoms with Crippen LogP contribution in [0.3, 0.4) is 0 Å². The van der Waals surface area contributed by atoms with Gasteiger partial charge in [-0.15, -0.1) is 0 Å². The molecular formula is C14H23N3OS. The number of nitrogens with zero attached hydrogens (tertiary/aromatic N) is 1. The highest BCUT2D eigenvalue weighted by Gasteiger charge is 2.10. The summed E-state index contributed by atoms with van der Waals surface area (Å²) >= 11 is 1.83. The third-order valence-corrected chi connectivity index (χ3v) is 3.48. The number of hydrogen-bond donors (Lipinski definition) is 2. The molecular weight excluding hydrogens is 258 g/mol. The van der Waals surface area contributed by atoms with E-state index >= 15 is 0 Å². The number of amides is 1. The topological polar surface area (TPSA) is 68.0 Å². The second kappa shape index (κ2) is 8.04. The van der Waals surface area contributed by atoms with Crippen molar-refractivity contribution in [1.29, 1.82) is 0 Å². The third kappa shape index (κ3) is 5.51. The minimum Gasteiger partial charge on any atom is -0.384 e. The van der Waals surface area contributed by atoms with Crippen LogP contribution in [0.1, 0.15) is 48.7 Å². The molecule has 0 saturated carbocycles. The first-order valence-corrected chi connectivity index (χ1v) is 7.98. The van der Waals surface area contributed by atoms with E-state index in [-0.39, 0.29) is 11.8 Å². The Kier molecular flexibility index (Phi) is 6.70. The molecule has 0 unspecified atom stereocenters. The molecule has 4 nitrogen and oxygen atoms in total. The summed E-state index contributed by atoms with van der Waals surface area (Å²) in [5.74, 6) is 1.73. The highest BCUT2D eigenvalue weighted by atomic mass is 32.2. The van der Waals surface area contributed by atoms with Gasteiger partial charge >= 0.3 is 0 Å². The van der Waals surface area contributed by atoms with Gasteiger partial charge in [0.1, 0.15) is 5.82 Å². The fourth-order valence-electron chi connectivity index (χ4n) is 1.68. The highest BCUT2D eigenvalue weighted by molar-refractivity contribution is 7.98. The summed E-state index contributed by atoms with van der Waals surface area (Å²) in [5.41, 5.74) is 7.19. The van der Waals surface area contributed by atoms with Crippen LogP contribution < -0.4 is 11.1 Å². The Hall–Kier alpha value is -1.23. The average molecular weight is 281 g/mol. The van der Waals surface area contributed by atoms with Crippen LogP contribution in [0, 0.1) is 0 Å². The van der Waals surface area contributed by atoms with Gasteiger partial charge in [-0.05, 0) is 42.9 Å². The number of unbranched alkanes of at least 4 members (excludes halogenated alkanes) is 1. The van der Waals surface area contributed by atoms with Gasteiger partial charge in [-0.25, -0.2) is 4.98 Å². The number of carbonyl (C=O) groups excluding carboxylic acids is 1. The lowest BCUT2D eigenvalue weighted by Crippen LogP contribution is -2.25. The van der Waals surface area contributed by atoms with E-state index in [1.807, 2.05) is 31.7 Å². The van der Waals surface area contributed by atoms with Crippen molar-refractivity contribution >= 4 is 23.5 Å². The zero-order valence-electron chi connectivity index (χ0n) is 11.9. The standard InChI is InChI=1S/C14H23N3OS/c1-10(2)12-8-11(9-13(15)17-12)14(18)16-6-4-5-7-19-3/h8-10H,4-7H2,1-3H3,(H2,15,17)(H,16,18). The molecule has 1 rings (SSSR count). The van der Waals surface area contributed by atoms with Gasteiger partial charge in [0, 0.05) is 17.8 Å². The molecule has 0 spiro atoms. The predicted molar refractivity (Wildman–Crippen MR) is 82.7 cm³/mol. The van der Waals surface area contributed by atoms with E-state index < -0.39 is 0 Å². The predicted octanol–water partition coefficient (Wildman–Crippen LogP) is 2.66. The summed E-state index contributed by atoms with van der Waals surface area (Å²) in [7, 11) is 0. The molecule has 106 valence electrons. The van der Waals surface area contributed by atoms with Gasteiger partial charge in [0.2, 0.25) is 0 Å². The van der Waals surface area contributed by atoms with Crippen molar-refractivity contribution in [2.75, 3.05) is 24.3 Å². The first-order valence-electron chi connectivity index (χ1n) is 6.59. The second-order valence-corrected chi connectivity index (χ2v) is 5.80. The third-order valence-electron chi connectivity index (χ3n) is 2.78. The number of rotatable bonds is 7. The zero-order valence-corrected chi connectivity index (χ0v) is 12.7. The SMILES string of the molecule is CSCCCCNC(=O)c1cc(N)nc(C(C)C)c1. The quantitative estimate of drug-likeness (QED) is 0.754. The molecule has 0 saturated heterocycles. The molecule has 0 aliphatic carbocycles. The summed E-state index contributed by atoms with van der Waals surface area (Å²) < 4.78 is 0. The number of anilines is 1. The van der Waals surface area contributed by atoms with E-state index in [0.29, 0.717) is 17.9 Å². The second-order valence-electron chi connectivity index (χ2n) is 4.82. The lowest BCUT2D eigenvalue weighted by molar-refractivity contribution is 0.0953. The lowest BCUT2D eigenvalue weighted by atomic mass is 10.1. The monoisotopic (exact) mass is 281 g/mol. The van der Waals surface area contributed by atoms with Gasteiger partial charge < -0.3 is 11.1 Å². The maximum Gasteiger partial charge on any atom is 0.251 e. The van der Waals surface area contributed by atoms with E-state index in [0.717, 1.165) is 24.3 Å². The summed E-state index contributed by atoms with van der Waals surface area (Å²) in [5, 5.41) is 2.92. The number of carbonyl (C=O) groups is 1. The molecule has 0 bridgehead atoms. The van der Waals surface area contributed by atoms with Gasteiger partial charge in [-0.3, -0.25) is 4.79 Å². The molecule has 1 heterocycles. The summed E-state index contributed by atoms with van der Waals surface area (Å²) in [6.07, 6.45) is 4.22. The van der Waals surface area contributed by atoms with Gasteiger partial charge in [0.25, 0.3) is 5.91 Å². The Bertz CT molecular complexity index is 421. The van der Waals surface area contributed by atoms with Crippen molar-refractivity contribution < 1.29 is 4.79 Å². The van der Waals surface area contributed by atoms with Crippen LogP contribution in [0.2, 0.25) is 0 Å². The Balaban J connectivity index is 2.56. The van der Waals surface area contributed by atoms with Gasteiger partial charge in [0.15, 0.2) is 0 Å². The van der Waals surface area contributed by atoms with Gasteiger partial charge in [-0.1, -0.05) is 13.8 Å². The van der Waals surface area contributed by atoms with Crippen LogP contribution in [-0.2, 0) is 0 Å². The molecule has 19 heavy (non-hydrogen) atoms. The van der Waals surface area contributed by atoms with Crippen LogP contribution in [-0.4, -0.2) is 29.4 Å². The lowest BCUT2D eigenvalue weighted by Gasteiger charge is -2.09. The van der Waals surface area contributed by atoms with Crippen LogP contribution in [0.15, 0.2) is 12.1 Å². The smallest absolute Gasteiger partial charge is 0.251 e. The first-order chi connectivity index (χ1) is 9.04. The van der Waals surface area contributed by atoms with E-state index in [9.17, 15) is 4.79 Å². The van der Waals surface area contributed by atoms with Crippen LogP contribution in [0.5, 0.6) is 0 Å². The summed E-state index contributed by atoms with van der Waals surface area (Å²) in [6.45, 7) is 4.77. The average Bonchev–Trinajstić information content (AvgIpc) is 2.37. The summed E-state index contributed by atoms with van der Waals surface area (Å²) in [6, 6.07) is 3.45. The normalized spacial score (nSPS) is 10.7. The maximum atomic E-state index is 12.0. The van der Waals surface area contributed by atoms with Crippen molar-refractivity contribution in [3.8, 4) is 0 Å². The molecule has 0 fully saturated rings. The Morgan fingerprint density at radius 1 is 1.42 bits per heavy atom. The van der Waals surface area contributed by atoms with Gasteiger partial charge in [-0.2, -0.15) is 11.8 Å². The Labute approximate surface area is 119 Å². The molecule has 0 radical (unpaired) electrons. The number of aromatic nitrogens is 1. The minimum atomic E-state index is -0.0693. The molecule has 0 atom stereocenters. The van der Waals surface area contributed by atoms with Crippen molar-refractivity contribution in [2.24, 2.45) is 0 Å². The molecule has 3 N–H and O–H groups in total. The van der Waals surface area contributed by atoms with E-state index in [1.54, 1.807) is 6.07 Å². The van der Waals surface area contributed by atoms with Gasteiger partial charge in [0.05, 0.1) is 0 Å². The van der Waals surface area contributed by atoms with Crippen molar-refractivity contribution in [1.82, 2.24) is 10.3 Å². The molecule has 1 amide bonds. The van der Waals surface area contributed by atoms with Crippen LogP contribution in [0.4, 0.5) is 5.82 Å². The number of hydrogen-bond acceptors (Lipinski definition) is 4. The van der Waals surface area contributed by atoms with Crippen molar-refractivity contribution in [3.05, 3.63) is 23.4 Å². The number of nitrogens with one attached hydrogen (secondary N) is 1. The Morgan fingerprint density at radius 3 is 2.79 bits per heavy atom. The molecule has 1 aromatic rings. The first kappa shape index (κ1) is 15.8. The van der Waals surface area contributed by atoms with Crippen molar-refractivity contribution in [2.45, 2.75) is 32.6 Å². The van der Waals surface area contributed by atoms with Crippen molar-refractivity contribution in [3.63, 3.8) is 0 Å². The highest BCUT2D eigenvalue weighted by Crippen LogP contribution is 2.15. The fraction of sp³-hybridized carbons (Fsp3) is 0.571. The number of nitrogen functional groups attached to an aromatic ring is 1.